The highest BCUT2D eigenvalue weighted by Crippen LogP contribution is 2.41. The summed E-state index contributed by atoms with van der Waals surface area (Å²) < 4.78 is 0. The number of carbonyl (C=O) groups excluding carboxylic acids is 2. The summed E-state index contributed by atoms with van der Waals surface area (Å²) in [6, 6.07) is 20.4. The highest BCUT2D eigenvalue weighted by molar-refractivity contribution is 8.04. The van der Waals surface area contributed by atoms with E-state index in [0.29, 0.717) is 16.5 Å². The summed E-state index contributed by atoms with van der Waals surface area (Å²) >= 11 is 7.47. The van der Waals surface area contributed by atoms with Crippen LogP contribution in [0, 0.1) is 0 Å². The van der Waals surface area contributed by atoms with Crippen LogP contribution in [0.1, 0.15) is 11.3 Å². The standard InChI is InChI=1S/C23H18ClN3O2S/c24-17-7-5-6-16(12-17)13-21-23(29)27(19-9-1-2-10-20(19)30-21)15-22(28)26-14-18-8-3-4-11-25-18/h1-13H,14-15H2,(H,26,28). The van der Waals surface area contributed by atoms with E-state index in [1.54, 1.807) is 24.4 Å². The Morgan fingerprint density at radius 1 is 1.10 bits per heavy atom. The van der Waals surface area contributed by atoms with Crippen molar-refractivity contribution in [1.29, 1.82) is 0 Å². The summed E-state index contributed by atoms with van der Waals surface area (Å²) in [6.07, 6.45) is 3.48. The van der Waals surface area contributed by atoms with E-state index in [2.05, 4.69) is 10.3 Å². The molecule has 7 heteroatoms. The summed E-state index contributed by atoms with van der Waals surface area (Å²) in [4.78, 5) is 32.9. The van der Waals surface area contributed by atoms with Crippen LogP contribution >= 0.6 is 23.4 Å². The third-order valence-electron chi connectivity index (χ3n) is 4.47. The number of aromatic nitrogens is 1. The maximum absolute atomic E-state index is 13.2. The van der Waals surface area contributed by atoms with Crippen molar-refractivity contribution in [2.24, 2.45) is 0 Å². The normalized spacial score (nSPS) is 14.5. The summed E-state index contributed by atoms with van der Waals surface area (Å²) in [6.45, 7) is 0.236. The zero-order chi connectivity index (χ0) is 20.9. The minimum atomic E-state index is -0.252. The van der Waals surface area contributed by atoms with Crippen LogP contribution in [0.3, 0.4) is 0 Å². The molecular weight excluding hydrogens is 418 g/mol. The molecule has 0 fully saturated rings. The molecule has 5 nitrogen and oxygen atoms in total. The largest absolute Gasteiger partial charge is 0.349 e. The summed E-state index contributed by atoms with van der Waals surface area (Å²) in [5.41, 5.74) is 2.31. The van der Waals surface area contributed by atoms with E-state index in [0.717, 1.165) is 21.8 Å². The Morgan fingerprint density at radius 2 is 1.93 bits per heavy atom. The van der Waals surface area contributed by atoms with Crippen molar-refractivity contribution in [3.63, 3.8) is 0 Å². The molecule has 0 bridgehead atoms. The van der Waals surface area contributed by atoms with Crippen LogP contribution in [0.15, 0.2) is 82.7 Å². The number of rotatable bonds is 5. The Hall–Kier alpha value is -3.09. The molecule has 30 heavy (non-hydrogen) atoms. The SMILES string of the molecule is O=C(CN1C(=O)C(=Cc2cccc(Cl)c2)Sc2ccccc21)NCc1ccccn1. The number of hydrogen-bond donors (Lipinski definition) is 1. The number of amides is 2. The van der Waals surface area contributed by atoms with Crippen LogP contribution in [0.5, 0.6) is 0 Å². The maximum Gasteiger partial charge on any atom is 0.265 e. The second-order valence-electron chi connectivity index (χ2n) is 6.62. The molecule has 1 N–H and O–H groups in total. The number of para-hydroxylation sites is 1. The lowest BCUT2D eigenvalue weighted by atomic mass is 10.2. The van der Waals surface area contributed by atoms with Gasteiger partial charge in [-0.05, 0) is 48.0 Å². The Labute approximate surface area is 183 Å². The average molecular weight is 436 g/mol. The number of fused-ring (bicyclic) bond motifs is 1. The molecule has 0 unspecified atom stereocenters. The van der Waals surface area contributed by atoms with Crippen molar-refractivity contribution < 1.29 is 9.59 Å². The predicted molar refractivity (Wildman–Crippen MR) is 120 cm³/mol. The summed E-state index contributed by atoms with van der Waals surface area (Å²) in [7, 11) is 0. The predicted octanol–water partition coefficient (Wildman–Crippen LogP) is 4.53. The first kappa shape index (κ1) is 20.2. The molecule has 0 spiro atoms. The van der Waals surface area contributed by atoms with E-state index < -0.39 is 0 Å². The Bertz CT molecular complexity index is 1120. The van der Waals surface area contributed by atoms with Gasteiger partial charge in [-0.3, -0.25) is 19.5 Å². The molecule has 2 heterocycles. The fourth-order valence-corrected chi connectivity index (χ4v) is 4.32. The molecule has 1 aliphatic rings. The first-order valence-corrected chi connectivity index (χ1v) is 10.5. The molecule has 150 valence electrons. The molecule has 1 aliphatic heterocycles. The highest BCUT2D eigenvalue weighted by atomic mass is 35.5. The van der Waals surface area contributed by atoms with Gasteiger partial charge in [0.15, 0.2) is 0 Å². The van der Waals surface area contributed by atoms with Crippen LogP contribution in [-0.4, -0.2) is 23.3 Å². The van der Waals surface area contributed by atoms with Crippen LogP contribution in [0.2, 0.25) is 5.02 Å². The van der Waals surface area contributed by atoms with Gasteiger partial charge in [-0.2, -0.15) is 0 Å². The van der Waals surface area contributed by atoms with Gasteiger partial charge in [0, 0.05) is 16.1 Å². The minimum Gasteiger partial charge on any atom is -0.349 e. The van der Waals surface area contributed by atoms with Crippen molar-refractivity contribution in [1.82, 2.24) is 10.3 Å². The van der Waals surface area contributed by atoms with E-state index >= 15 is 0 Å². The highest BCUT2D eigenvalue weighted by Gasteiger charge is 2.30. The van der Waals surface area contributed by atoms with Crippen molar-refractivity contribution in [2.75, 3.05) is 11.4 Å². The van der Waals surface area contributed by atoms with E-state index in [-0.39, 0.29) is 18.4 Å². The number of benzene rings is 2. The zero-order valence-electron chi connectivity index (χ0n) is 15.9. The molecule has 2 amide bonds. The van der Waals surface area contributed by atoms with Crippen molar-refractivity contribution in [3.8, 4) is 0 Å². The van der Waals surface area contributed by atoms with Gasteiger partial charge in [-0.1, -0.05) is 53.7 Å². The molecular formula is C23H18ClN3O2S. The van der Waals surface area contributed by atoms with Gasteiger partial charge in [0.1, 0.15) is 6.54 Å². The fourth-order valence-electron chi connectivity index (χ4n) is 3.06. The average Bonchev–Trinajstić information content (AvgIpc) is 2.76. The molecule has 2 aromatic carbocycles. The van der Waals surface area contributed by atoms with E-state index in [1.165, 1.54) is 16.7 Å². The van der Waals surface area contributed by atoms with Gasteiger partial charge in [-0.25, -0.2) is 0 Å². The number of nitrogens with zero attached hydrogens (tertiary/aromatic N) is 2. The lowest BCUT2D eigenvalue weighted by Crippen LogP contribution is -2.42. The number of hydrogen-bond acceptors (Lipinski definition) is 4. The number of anilines is 1. The Balaban J connectivity index is 1.56. The molecule has 0 atom stereocenters. The number of carbonyl (C=O) groups is 2. The summed E-state index contributed by atoms with van der Waals surface area (Å²) in [5.74, 6) is -0.468. The van der Waals surface area contributed by atoms with Crippen LogP contribution in [0.25, 0.3) is 6.08 Å². The van der Waals surface area contributed by atoms with E-state index in [4.69, 9.17) is 11.6 Å². The third-order valence-corrected chi connectivity index (χ3v) is 5.79. The second-order valence-corrected chi connectivity index (χ2v) is 8.14. The zero-order valence-corrected chi connectivity index (χ0v) is 17.5. The van der Waals surface area contributed by atoms with E-state index in [1.807, 2.05) is 54.6 Å². The second kappa shape index (κ2) is 9.15. The molecule has 0 saturated heterocycles. The molecule has 0 radical (unpaired) electrons. The molecule has 4 rings (SSSR count). The van der Waals surface area contributed by atoms with Crippen molar-refractivity contribution >= 4 is 46.9 Å². The van der Waals surface area contributed by atoms with Gasteiger partial charge in [0.2, 0.25) is 5.91 Å². The van der Waals surface area contributed by atoms with Gasteiger partial charge in [0.05, 0.1) is 22.8 Å². The van der Waals surface area contributed by atoms with Crippen LogP contribution in [-0.2, 0) is 16.1 Å². The smallest absolute Gasteiger partial charge is 0.265 e. The van der Waals surface area contributed by atoms with Gasteiger partial charge in [0.25, 0.3) is 5.91 Å². The lowest BCUT2D eigenvalue weighted by molar-refractivity contribution is -0.122. The summed E-state index contributed by atoms with van der Waals surface area (Å²) in [5, 5.41) is 3.43. The fraction of sp³-hybridized carbons (Fsp3) is 0.0870. The first-order chi connectivity index (χ1) is 14.6. The monoisotopic (exact) mass is 435 g/mol. The minimum absolute atomic E-state index is 0.0733. The molecule has 0 aliphatic carbocycles. The molecule has 1 aromatic heterocycles. The first-order valence-electron chi connectivity index (χ1n) is 9.33. The third kappa shape index (κ3) is 4.72. The van der Waals surface area contributed by atoms with Crippen molar-refractivity contribution in [3.05, 3.63) is 94.1 Å². The Kier molecular flexibility index (Phi) is 6.16. The van der Waals surface area contributed by atoms with Crippen LogP contribution < -0.4 is 10.2 Å². The number of pyridine rings is 1. The van der Waals surface area contributed by atoms with Crippen molar-refractivity contribution in [2.45, 2.75) is 11.4 Å². The van der Waals surface area contributed by atoms with Gasteiger partial charge in [-0.15, -0.1) is 0 Å². The quantitative estimate of drug-likeness (QED) is 0.598. The van der Waals surface area contributed by atoms with Gasteiger partial charge >= 0.3 is 0 Å². The van der Waals surface area contributed by atoms with Gasteiger partial charge < -0.3 is 5.32 Å². The maximum atomic E-state index is 13.2. The number of halogens is 1. The number of nitrogens with one attached hydrogen (secondary N) is 1. The van der Waals surface area contributed by atoms with E-state index in [9.17, 15) is 9.59 Å². The Morgan fingerprint density at radius 3 is 2.73 bits per heavy atom. The van der Waals surface area contributed by atoms with Crippen LogP contribution in [0.4, 0.5) is 5.69 Å². The molecule has 0 saturated carbocycles. The number of thioether (sulfide) groups is 1. The lowest BCUT2D eigenvalue weighted by Gasteiger charge is -2.29. The topological polar surface area (TPSA) is 62.3 Å². The molecule has 3 aromatic rings.